The Morgan fingerprint density at radius 1 is 1.28 bits per heavy atom. The van der Waals surface area contributed by atoms with E-state index in [1.54, 1.807) is 12.4 Å². The van der Waals surface area contributed by atoms with Crippen LogP contribution >= 0.6 is 0 Å². The number of nitrogens with zero attached hydrogens (tertiary/aromatic N) is 2. The van der Waals surface area contributed by atoms with Crippen molar-refractivity contribution < 1.29 is 4.74 Å². The maximum Gasteiger partial charge on any atom is 0.169 e. The van der Waals surface area contributed by atoms with Crippen LogP contribution in [0.3, 0.4) is 0 Å². The molecule has 0 aromatic carbocycles. The predicted octanol–water partition coefficient (Wildman–Crippen LogP) is 2.80. The largest absolute Gasteiger partial charge is 0.490 e. The SMILES string of the molecule is CCOc1cccnc1NCc1cnccc1C. The number of anilines is 1. The zero-order valence-electron chi connectivity index (χ0n) is 10.7. The normalized spacial score (nSPS) is 10.1. The van der Waals surface area contributed by atoms with Gasteiger partial charge < -0.3 is 10.1 Å². The topological polar surface area (TPSA) is 47.0 Å². The van der Waals surface area contributed by atoms with Crippen molar-refractivity contribution in [2.45, 2.75) is 20.4 Å². The van der Waals surface area contributed by atoms with E-state index >= 15 is 0 Å². The van der Waals surface area contributed by atoms with E-state index in [9.17, 15) is 0 Å². The van der Waals surface area contributed by atoms with Crippen LogP contribution in [0.25, 0.3) is 0 Å². The van der Waals surface area contributed by atoms with Gasteiger partial charge in [0.1, 0.15) is 0 Å². The van der Waals surface area contributed by atoms with E-state index in [4.69, 9.17) is 4.74 Å². The molecule has 18 heavy (non-hydrogen) atoms. The lowest BCUT2D eigenvalue weighted by Gasteiger charge is -2.11. The molecule has 0 bridgehead atoms. The van der Waals surface area contributed by atoms with E-state index in [0.717, 1.165) is 17.1 Å². The van der Waals surface area contributed by atoms with Crippen LogP contribution in [0.1, 0.15) is 18.1 Å². The standard InChI is InChI=1S/C14H17N3O/c1-3-18-13-5-4-7-16-14(13)17-10-12-9-15-8-6-11(12)2/h4-9H,3,10H2,1-2H3,(H,16,17). The number of ether oxygens (including phenoxy) is 1. The molecule has 4 heteroatoms. The van der Waals surface area contributed by atoms with Crippen LogP contribution in [0.4, 0.5) is 5.82 Å². The molecule has 0 saturated heterocycles. The average Bonchev–Trinajstić information content (AvgIpc) is 2.40. The van der Waals surface area contributed by atoms with E-state index in [2.05, 4.69) is 22.2 Å². The zero-order valence-corrected chi connectivity index (χ0v) is 10.7. The van der Waals surface area contributed by atoms with Gasteiger partial charge in [0.05, 0.1) is 6.61 Å². The maximum absolute atomic E-state index is 5.52. The van der Waals surface area contributed by atoms with Crippen molar-refractivity contribution >= 4 is 5.82 Å². The molecule has 0 aliphatic rings. The quantitative estimate of drug-likeness (QED) is 0.877. The van der Waals surface area contributed by atoms with Crippen molar-refractivity contribution in [1.82, 2.24) is 9.97 Å². The highest BCUT2D eigenvalue weighted by atomic mass is 16.5. The first kappa shape index (κ1) is 12.4. The molecule has 1 N–H and O–H groups in total. The number of aromatic nitrogens is 2. The van der Waals surface area contributed by atoms with Gasteiger partial charge in [0.15, 0.2) is 11.6 Å². The van der Waals surface area contributed by atoms with Crippen molar-refractivity contribution in [2.24, 2.45) is 0 Å². The second-order valence-corrected chi connectivity index (χ2v) is 3.94. The van der Waals surface area contributed by atoms with Crippen molar-refractivity contribution in [3.05, 3.63) is 47.9 Å². The summed E-state index contributed by atoms with van der Waals surface area (Å²) < 4.78 is 5.52. The van der Waals surface area contributed by atoms with Crippen LogP contribution in [-0.4, -0.2) is 16.6 Å². The second kappa shape index (κ2) is 6.00. The molecule has 0 aliphatic carbocycles. The molecule has 0 atom stereocenters. The molecule has 2 heterocycles. The fourth-order valence-electron chi connectivity index (χ4n) is 1.66. The van der Waals surface area contributed by atoms with Gasteiger partial charge in [-0.3, -0.25) is 4.98 Å². The molecule has 0 saturated carbocycles. The molecule has 2 aromatic heterocycles. The number of rotatable bonds is 5. The van der Waals surface area contributed by atoms with E-state index in [1.807, 2.05) is 31.3 Å². The number of pyridine rings is 2. The van der Waals surface area contributed by atoms with Gasteiger partial charge in [-0.25, -0.2) is 4.98 Å². The molecule has 0 spiro atoms. The third kappa shape index (κ3) is 2.97. The lowest BCUT2D eigenvalue weighted by Crippen LogP contribution is -2.05. The summed E-state index contributed by atoms with van der Waals surface area (Å²) in [6.07, 6.45) is 5.41. The van der Waals surface area contributed by atoms with Gasteiger partial charge in [-0.15, -0.1) is 0 Å². The van der Waals surface area contributed by atoms with Crippen LogP contribution in [-0.2, 0) is 6.54 Å². The summed E-state index contributed by atoms with van der Waals surface area (Å²) in [6, 6.07) is 5.78. The Morgan fingerprint density at radius 3 is 2.94 bits per heavy atom. The Balaban J connectivity index is 2.08. The Bertz CT molecular complexity index is 514. The van der Waals surface area contributed by atoms with Crippen molar-refractivity contribution in [1.29, 1.82) is 0 Å². The van der Waals surface area contributed by atoms with Crippen molar-refractivity contribution in [2.75, 3.05) is 11.9 Å². The highest BCUT2D eigenvalue weighted by molar-refractivity contribution is 5.49. The molecule has 0 radical (unpaired) electrons. The van der Waals surface area contributed by atoms with Crippen molar-refractivity contribution in [3.63, 3.8) is 0 Å². The fourth-order valence-corrected chi connectivity index (χ4v) is 1.66. The summed E-state index contributed by atoms with van der Waals surface area (Å²) in [5.41, 5.74) is 2.37. The highest BCUT2D eigenvalue weighted by Crippen LogP contribution is 2.21. The molecule has 2 rings (SSSR count). The number of nitrogens with one attached hydrogen (secondary N) is 1. The second-order valence-electron chi connectivity index (χ2n) is 3.94. The molecule has 94 valence electrons. The first-order valence-corrected chi connectivity index (χ1v) is 6.02. The molecule has 0 fully saturated rings. The van der Waals surface area contributed by atoms with Crippen LogP contribution in [0.2, 0.25) is 0 Å². The molecule has 4 nitrogen and oxygen atoms in total. The summed E-state index contributed by atoms with van der Waals surface area (Å²) >= 11 is 0. The molecule has 0 amide bonds. The van der Waals surface area contributed by atoms with E-state index in [1.165, 1.54) is 5.56 Å². The summed E-state index contributed by atoms with van der Waals surface area (Å²) in [6.45, 7) is 5.35. The minimum absolute atomic E-state index is 0.631. The van der Waals surface area contributed by atoms with Gasteiger partial charge in [-0.1, -0.05) is 0 Å². The lowest BCUT2D eigenvalue weighted by atomic mass is 10.1. The Labute approximate surface area is 107 Å². The third-order valence-corrected chi connectivity index (χ3v) is 2.66. The highest BCUT2D eigenvalue weighted by Gasteiger charge is 2.04. The van der Waals surface area contributed by atoms with E-state index in [-0.39, 0.29) is 0 Å². The van der Waals surface area contributed by atoms with Crippen LogP contribution < -0.4 is 10.1 Å². The first-order chi connectivity index (χ1) is 8.81. The lowest BCUT2D eigenvalue weighted by molar-refractivity contribution is 0.340. The summed E-state index contributed by atoms with van der Waals surface area (Å²) in [5, 5.41) is 3.28. The van der Waals surface area contributed by atoms with Crippen molar-refractivity contribution in [3.8, 4) is 5.75 Å². The van der Waals surface area contributed by atoms with Gasteiger partial charge in [0.25, 0.3) is 0 Å². The predicted molar refractivity (Wildman–Crippen MR) is 71.7 cm³/mol. The average molecular weight is 243 g/mol. The summed E-state index contributed by atoms with van der Waals surface area (Å²) in [7, 11) is 0. The maximum atomic E-state index is 5.52. The van der Waals surface area contributed by atoms with Gasteiger partial charge in [0, 0.05) is 25.1 Å². The summed E-state index contributed by atoms with van der Waals surface area (Å²) in [5.74, 6) is 1.55. The smallest absolute Gasteiger partial charge is 0.169 e. The van der Waals surface area contributed by atoms with Gasteiger partial charge in [-0.05, 0) is 43.2 Å². The minimum atomic E-state index is 0.631. The van der Waals surface area contributed by atoms with E-state index < -0.39 is 0 Å². The third-order valence-electron chi connectivity index (χ3n) is 2.66. The molecular weight excluding hydrogens is 226 g/mol. The minimum Gasteiger partial charge on any atom is -0.490 e. The number of hydrogen-bond acceptors (Lipinski definition) is 4. The molecule has 2 aromatic rings. The molecule has 0 aliphatic heterocycles. The Morgan fingerprint density at radius 2 is 2.17 bits per heavy atom. The Kier molecular flexibility index (Phi) is 4.12. The zero-order chi connectivity index (χ0) is 12.8. The van der Waals surface area contributed by atoms with Crippen LogP contribution in [0, 0.1) is 6.92 Å². The molecular formula is C14H17N3O. The number of aryl methyl sites for hydroxylation is 1. The van der Waals surface area contributed by atoms with Crippen LogP contribution in [0.15, 0.2) is 36.8 Å². The fraction of sp³-hybridized carbons (Fsp3) is 0.286. The van der Waals surface area contributed by atoms with Gasteiger partial charge in [-0.2, -0.15) is 0 Å². The van der Waals surface area contributed by atoms with Crippen LogP contribution in [0.5, 0.6) is 5.75 Å². The summed E-state index contributed by atoms with van der Waals surface area (Å²) in [4.78, 5) is 8.41. The molecule has 0 unspecified atom stereocenters. The van der Waals surface area contributed by atoms with Gasteiger partial charge >= 0.3 is 0 Å². The monoisotopic (exact) mass is 243 g/mol. The Hall–Kier alpha value is -2.10. The van der Waals surface area contributed by atoms with Gasteiger partial charge in [0.2, 0.25) is 0 Å². The van der Waals surface area contributed by atoms with E-state index in [0.29, 0.717) is 13.2 Å². The first-order valence-electron chi connectivity index (χ1n) is 6.02. The number of hydrogen-bond donors (Lipinski definition) is 1.